The number of benzene rings is 2. The van der Waals surface area contributed by atoms with Gasteiger partial charge in [0, 0.05) is 38.4 Å². The Kier molecular flexibility index (Phi) is 8.93. The van der Waals surface area contributed by atoms with Crippen LogP contribution in [0.25, 0.3) is 11.0 Å². The summed E-state index contributed by atoms with van der Waals surface area (Å²) < 4.78 is 1.96. The van der Waals surface area contributed by atoms with Gasteiger partial charge in [-0.05, 0) is 62.7 Å². The van der Waals surface area contributed by atoms with Crippen molar-refractivity contribution in [1.82, 2.24) is 19.4 Å². The lowest BCUT2D eigenvalue weighted by atomic mass is 9.88. The minimum Gasteiger partial charge on any atom is -0.465 e. The molecular weight excluding hydrogens is 482 g/mol. The lowest BCUT2D eigenvalue weighted by Gasteiger charge is -2.39. The van der Waals surface area contributed by atoms with Gasteiger partial charge in [-0.15, -0.1) is 12.4 Å². The Balaban J connectivity index is 0.00000456. The normalized spacial score (nSPS) is 12.4. The number of carbonyl (C=O) groups excluding carboxylic acids is 1. The molecule has 3 aromatic rings. The quantitative estimate of drug-likeness (QED) is 0.253. The third-order valence-electron chi connectivity index (χ3n) is 6.61. The summed E-state index contributed by atoms with van der Waals surface area (Å²) in [6.45, 7) is 6.79. The first-order valence-electron chi connectivity index (χ1n) is 11.4. The number of anilines is 1. The number of hydrogen-bond acceptors (Lipinski definition) is 5. The Morgan fingerprint density at radius 3 is 2.31 bits per heavy atom. The molecule has 5 N–H and O–H groups in total. The van der Waals surface area contributed by atoms with Gasteiger partial charge in [0.25, 0.3) is 5.91 Å². The summed E-state index contributed by atoms with van der Waals surface area (Å²) in [4.78, 5) is 32.8. The van der Waals surface area contributed by atoms with E-state index < -0.39 is 11.6 Å². The lowest BCUT2D eigenvalue weighted by molar-refractivity contribution is -0.142. The molecule has 0 aliphatic rings. The number of carbonyl (C=O) groups is 2. The van der Waals surface area contributed by atoms with Crippen molar-refractivity contribution in [3.05, 3.63) is 59.4 Å². The van der Waals surface area contributed by atoms with Crippen molar-refractivity contribution in [2.24, 2.45) is 12.8 Å². The number of fused-ring (bicyclic) bond motifs is 1. The van der Waals surface area contributed by atoms with Gasteiger partial charge < -0.3 is 25.6 Å². The first-order chi connectivity index (χ1) is 16.5. The van der Waals surface area contributed by atoms with E-state index in [0.717, 1.165) is 21.9 Å². The van der Waals surface area contributed by atoms with Crippen molar-refractivity contribution in [2.45, 2.75) is 32.9 Å². The Bertz CT molecular complexity index is 1250. The van der Waals surface area contributed by atoms with Crippen molar-refractivity contribution in [3.63, 3.8) is 0 Å². The topological polar surface area (TPSA) is 141 Å². The highest BCUT2D eigenvalue weighted by molar-refractivity contribution is 5.95. The summed E-state index contributed by atoms with van der Waals surface area (Å²) in [5, 5.41) is 20.6. The predicted octanol–water partition coefficient (Wildman–Crippen LogP) is 3.58. The number of nitrogens with two attached hydrogens (primary N) is 1. The average molecular weight is 516 g/mol. The van der Waals surface area contributed by atoms with Gasteiger partial charge in [0.15, 0.2) is 0 Å². The van der Waals surface area contributed by atoms with E-state index in [1.165, 1.54) is 7.05 Å². The average Bonchev–Trinajstić information content (AvgIpc) is 3.17. The molecule has 0 aliphatic carbocycles. The molecule has 194 valence electrons. The number of rotatable bonds is 9. The molecule has 1 aromatic heterocycles. The van der Waals surface area contributed by atoms with Crippen LogP contribution in [-0.2, 0) is 23.9 Å². The number of nitrogens with zero attached hydrogens (tertiary/aromatic N) is 4. The van der Waals surface area contributed by atoms with Crippen molar-refractivity contribution >= 4 is 47.0 Å². The molecule has 0 fully saturated rings. The van der Waals surface area contributed by atoms with E-state index in [1.807, 2.05) is 43.7 Å². The molecule has 0 radical (unpaired) electrons. The summed E-state index contributed by atoms with van der Waals surface area (Å²) in [7, 11) is 3.33. The Labute approximate surface area is 217 Å². The fourth-order valence-electron chi connectivity index (χ4n) is 4.13. The van der Waals surface area contributed by atoms with Crippen LogP contribution in [0.4, 0.5) is 10.5 Å². The van der Waals surface area contributed by atoms with Crippen molar-refractivity contribution in [3.8, 4) is 0 Å². The number of aryl methyl sites for hydroxylation is 1. The molecule has 0 saturated carbocycles. The number of halogens is 1. The molecule has 0 aliphatic heterocycles. The summed E-state index contributed by atoms with van der Waals surface area (Å²) in [5.74, 6) is 0.512. The Morgan fingerprint density at radius 2 is 1.78 bits per heavy atom. The maximum atomic E-state index is 13.5. The van der Waals surface area contributed by atoms with Crippen molar-refractivity contribution < 1.29 is 14.7 Å². The minimum atomic E-state index is -1.40. The maximum absolute atomic E-state index is 13.5. The highest BCUT2D eigenvalue weighted by Crippen LogP contribution is 2.32. The SMILES string of the molecule is CCN(CC)C(=O)C(C)(c1ccc2c(c1)nc(CNc1ccc(C(=N)N)cc1)n2C)N(C)C(=O)O.Cl. The maximum Gasteiger partial charge on any atom is 0.408 e. The number of amidine groups is 1. The molecule has 3 rings (SSSR count). The van der Waals surface area contributed by atoms with Crippen molar-refractivity contribution in [1.29, 1.82) is 5.41 Å². The van der Waals surface area contributed by atoms with Crippen LogP contribution >= 0.6 is 12.4 Å². The first-order valence-corrected chi connectivity index (χ1v) is 11.4. The molecule has 0 spiro atoms. The second kappa shape index (κ2) is 11.3. The van der Waals surface area contributed by atoms with Crippen molar-refractivity contribution in [2.75, 3.05) is 25.5 Å². The largest absolute Gasteiger partial charge is 0.465 e. The van der Waals surface area contributed by atoms with Gasteiger partial charge in [0.1, 0.15) is 17.2 Å². The van der Waals surface area contributed by atoms with Gasteiger partial charge in [0.2, 0.25) is 0 Å². The first kappa shape index (κ1) is 28.4. The molecule has 0 bridgehead atoms. The predicted molar refractivity (Wildman–Crippen MR) is 144 cm³/mol. The summed E-state index contributed by atoms with van der Waals surface area (Å²) in [6, 6.07) is 12.7. The second-order valence-corrected chi connectivity index (χ2v) is 8.53. The molecule has 11 heteroatoms. The zero-order valence-electron chi connectivity index (χ0n) is 21.2. The number of likely N-dealkylation sites (N-methyl/N-ethyl adjacent to an activating group) is 2. The molecule has 10 nitrogen and oxygen atoms in total. The van der Waals surface area contributed by atoms with Crippen LogP contribution in [0.1, 0.15) is 37.7 Å². The molecule has 36 heavy (non-hydrogen) atoms. The molecule has 2 aromatic carbocycles. The van der Waals surface area contributed by atoms with Gasteiger partial charge >= 0.3 is 6.09 Å². The molecule has 2 amide bonds. The van der Waals surface area contributed by atoms with E-state index in [1.54, 1.807) is 36.1 Å². The molecular formula is C25H34ClN7O3. The van der Waals surface area contributed by atoms with Crippen LogP contribution in [0, 0.1) is 5.41 Å². The zero-order chi connectivity index (χ0) is 25.9. The number of nitrogen functional groups attached to an aromatic ring is 1. The van der Waals surface area contributed by atoms with E-state index in [0.29, 0.717) is 36.3 Å². The van der Waals surface area contributed by atoms with Crippen LogP contribution in [0.2, 0.25) is 0 Å². The number of hydrogen-bond donors (Lipinski definition) is 4. The van der Waals surface area contributed by atoms with Crippen LogP contribution < -0.4 is 11.1 Å². The van der Waals surface area contributed by atoms with Crippen LogP contribution in [0.15, 0.2) is 42.5 Å². The van der Waals surface area contributed by atoms with E-state index in [-0.39, 0.29) is 24.1 Å². The number of aromatic nitrogens is 2. The Morgan fingerprint density at radius 1 is 1.17 bits per heavy atom. The number of amides is 2. The highest BCUT2D eigenvalue weighted by Gasteiger charge is 2.44. The van der Waals surface area contributed by atoms with Gasteiger partial charge in [-0.25, -0.2) is 9.78 Å². The van der Waals surface area contributed by atoms with Gasteiger partial charge in [-0.3, -0.25) is 15.1 Å². The van der Waals surface area contributed by atoms with E-state index >= 15 is 0 Å². The fraction of sp³-hybridized carbons (Fsp3) is 0.360. The second-order valence-electron chi connectivity index (χ2n) is 8.53. The summed E-state index contributed by atoms with van der Waals surface area (Å²) >= 11 is 0. The van der Waals surface area contributed by atoms with E-state index in [4.69, 9.17) is 16.1 Å². The van der Waals surface area contributed by atoms with Gasteiger partial charge in [-0.2, -0.15) is 0 Å². The standard InChI is InChI=1S/C25H33N7O3.ClH/c1-6-32(7-2)23(33)25(3,31(5)24(34)35)17-10-13-20-19(14-17)29-21(30(20)4)15-28-18-11-8-16(9-12-18)22(26)27;/h8-14,28H,6-7,15H2,1-5H3,(H3,26,27)(H,34,35);1H. The lowest BCUT2D eigenvalue weighted by Crippen LogP contribution is -2.55. The molecule has 1 unspecified atom stereocenters. The van der Waals surface area contributed by atoms with Crippen LogP contribution in [0.3, 0.4) is 0 Å². The Hall–Kier alpha value is -3.79. The third kappa shape index (κ3) is 5.23. The van der Waals surface area contributed by atoms with Crippen LogP contribution in [-0.4, -0.2) is 62.4 Å². The molecule has 1 heterocycles. The number of nitrogens with one attached hydrogen (secondary N) is 2. The summed E-state index contributed by atoms with van der Waals surface area (Å²) in [5.41, 5.74) is 7.73. The monoisotopic (exact) mass is 515 g/mol. The minimum absolute atomic E-state index is 0. The molecule has 1 atom stereocenters. The van der Waals surface area contributed by atoms with Gasteiger partial charge in [-0.1, -0.05) is 6.07 Å². The third-order valence-corrected chi connectivity index (χ3v) is 6.61. The highest BCUT2D eigenvalue weighted by atomic mass is 35.5. The van der Waals surface area contributed by atoms with E-state index in [2.05, 4.69) is 5.32 Å². The van der Waals surface area contributed by atoms with E-state index in [9.17, 15) is 14.7 Å². The summed E-state index contributed by atoms with van der Waals surface area (Å²) in [6.07, 6.45) is -1.19. The van der Waals surface area contributed by atoms with Gasteiger partial charge in [0.05, 0.1) is 17.6 Å². The van der Waals surface area contributed by atoms with Crippen LogP contribution in [0.5, 0.6) is 0 Å². The zero-order valence-corrected chi connectivity index (χ0v) is 22.0. The number of imidazole rings is 1. The fourth-order valence-corrected chi connectivity index (χ4v) is 4.13. The number of carboxylic acid groups (broad SMARTS) is 1. The molecule has 0 saturated heterocycles. The smallest absolute Gasteiger partial charge is 0.408 e.